The SMILES string of the molecule is O=C(CSc1nnc(-c2ccc(Cl)cc2Cl)n1C1CCCCC1)NNC(=O)c1ccc(Cl)cc1. The molecule has 2 amide bonds. The number of nitrogens with zero attached hydrogens (tertiary/aromatic N) is 3. The van der Waals surface area contributed by atoms with E-state index >= 15 is 0 Å². The molecule has 2 aromatic carbocycles. The summed E-state index contributed by atoms with van der Waals surface area (Å²) in [6, 6.07) is 11.9. The molecule has 0 bridgehead atoms. The molecule has 2 N–H and O–H groups in total. The fourth-order valence-corrected chi connectivity index (χ4v) is 5.29. The Morgan fingerprint density at radius 3 is 2.35 bits per heavy atom. The van der Waals surface area contributed by atoms with Crippen LogP contribution in [0.1, 0.15) is 48.5 Å². The normalized spacial score (nSPS) is 14.1. The smallest absolute Gasteiger partial charge is 0.269 e. The van der Waals surface area contributed by atoms with Crippen LogP contribution in [0.5, 0.6) is 0 Å². The summed E-state index contributed by atoms with van der Waals surface area (Å²) in [5.41, 5.74) is 5.98. The number of carbonyl (C=O) groups excluding carboxylic acids is 2. The molecule has 1 heterocycles. The number of aromatic nitrogens is 3. The summed E-state index contributed by atoms with van der Waals surface area (Å²) < 4.78 is 2.08. The van der Waals surface area contributed by atoms with Crippen molar-refractivity contribution in [3.8, 4) is 11.4 Å². The van der Waals surface area contributed by atoms with Gasteiger partial charge < -0.3 is 0 Å². The third-order valence-corrected chi connectivity index (χ3v) is 7.27. The topological polar surface area (TPSA) is 88.9 Å². The van der Waals surface area contributed by atoms with Crippen LogP contribution in [0, 0.1) is 0 Å². The Morgan fingerprint density at radius 2 is 1.65 bits per heavy atom. The van der Waals surface area contributed by atoms with Gasteiger partial charge in [0.25, 0.3) is 5.91 Å². The monoisotopic (exact) mass is 537 g/mol. The Bertz CT molecular complexity index is 1180. The minimum atomic E-state index is -0.431. The molecule has 1 saturated carbocycles. The molecule has 0 aliphatic heterocycles. The van der Waals surface area contributed by atoms with Crippen molar-refractivity contribution >= 4 is 58.4 Å². The summed E-state index contributed by atoms with van der Waals surface area (Å²) in [6.07, 6.45) is 5.46. The van der Waals surface area contributed by atoms with Crippen molar-refractivity contribution in [3.63, 3.8) is 0 Å². The van der Waals surface area contributed by atoms with Gasteiger partial charge in [-0.05, 0) is 55.3 Å². The highest BCUT2D eigenvalue weighted by Gasteiger charge is 2.25. The van der Waals surface area contributed by atoms with Crippen molar-refractivity contribution in [1.29, 1.82) is 0 Å². The van der Waals surface area contributed by atoms with Crippen LogP contribution in [-0.4, -0.2) is 32.3 Å². The maximum atomic E-state index is 12.4. The number of hydrogen-bond donors (Lipinski definition) is 2. The molecule has 0 unspecified atom stereocenters. The van der Waals surface area contributed by atoms with Gasteiger partial charge in [-0.1, -0.05) is 65.8 Å². The third-order valence-electron chi connectivity index (χ3n) is 5.53. The predicted octanol–water partition coefficient (Wildman–Crippen LogP) is 5.96. The molecule has 178 valence electrons. The summed E-state index contributed by atoms with van der Waals surface area (Å²) in [5, 5.41) is 11.0. The van der Waals surface area contributed by atoms with Crippen molar-refractivity contribution in [2.75, 3.05) is 5.75 Å². The zero-order chi connectivity index (χ0) is 24.1. The van der Waals surface area contributed by atoms with Crippen LogP contribution in [0.15, 0.2) is 47.6 Å². The number of rotatable bonds is 6. The first-order valence-electron chi connectivity index (χ1n) is 10.8. The Hall–Kier alpha value is -2.26. The Kier molecular flexibility index (Phi) is 8.37. The zero-order valence-electron chi connectivity index (χ0n) is 18.1. The molecular formula is C23H22Cl3N5O2S. The van der Waals surface area contributed by atoms with Crippen LogP contribution in [-0.2, 0) is 4.79 Å². The van der Waals surface area contributed by atoms with Crippen molar-refractivity contribution in [2.24, 2.45) is 0 Å². The number of hydrazine groups is 1. The van der Waals surface area contributed by atoms with Gasteiger partial charge in [0, 0.05) is 27.2 Å². The largest absolute Gasteiger partial charge is 0.299 e. The van der Waals surface area contributed by atoms with Gasteiger partial charge in [-0.25, -0.2) is 0 Å². The first-order valence-corrected chi connectivity index (χ1v) is 12.9. The molecule has 7 nitrogen and oxygen atoms in total. The number of carbonyl (C=O) groups is 2. The maximum absolute atomic E-state index is 12.4. The lowest BCUT2D eigenvalue weighted by atomic mass is 9.95. The molecule has 0 atom stereocenters. The fraction of sp³-hybridized carbons (Fsp3) is 0.304. The van der Waals surface area contributed by atoms with E-state index < -0.39 is 5.91 Å². The van der Waals surface area contributed by atoms with E-state index in [1.807, 2.05) is 6.07 Å². The molecule has 0 spiro atoms. The van der Waals surface area contributed by atoms with E-state index in [2.05, 4.69) is 25.6 Å². The van der Waals surface area contributed by atoms with E-state index in [9.17, 15) is 9.59 Å². The molecule has 3 aromatic rings. The van der Waals surface area contributed by atoms with E-state index in [4.69, 9.17) is 34.8 Å². The Labute approximate surface area is 216 Å². The van der Waals surface area contributed by atoms with E-state index in [-0.39, 0.29) is 17.7 Å². The van der Waals surface area contributed by atoms with E-state index in [1.165, 1.54) is 18.2 Å². The average molecular weight is 539 g/mol. The number of thioether (sulfide) groups is 1. The zero-order valence-corrected chi connectivity index (χ0v) is 21.1. The summed E-state index contributed by atoms with van der Waals surface area (Å²) in [4.78, 5) is 24.6. The van der Waals surface area contributed by atoms with E-state index in [0.29, 0.717) is 31.6 Å². The lowest BCUT2D eigenvalue weighted by Crippen LogP contribution is -2.42. The van der Waals surface area contributed by atoms with Gasteiger partial charge in [0.05, 0.1) is 10.8 Å². The second kappa shape index (κ2) is 11.4. The molecule has 0 radical (unpaired) electrons. The van der Waals surface area contributed by atoms with Crippen molar-refractivity contribution in [2.45, 2.75) is 43.3 Å². The Balaban J connectivity index is 1.45. The van der Waals surface area contributed by atoms with Crippen LogP contribution in [0.4, 0.5) is 0 Å². The summed E-state index contributed by atoms with van der Waals surface area (Å²) in [6.45, 7) is 0. The van der Waals surface area contributed by atoms with Crippen LogP contribution in [0.25, 0.3) is 11.4 Å². The number of hydrogen-bond acceptors (Lipinski definition) is 5. The summed E-state index contributed by atoms with van der Waals surface area (Å²) in [7, 11) is 0. The number of amides is 2. The second-order valence-electron chi connectivity index (χ2n) is 7.89. The van der Waals surface area contributed by atoms with Gasteiger partial charge in [-0.2, -0.15) is 0 Å². The lowest BCUT2D eigenvalue weighted by molar-refractivity contribution is -0.119. The Morgan fingerprint density at radius 1 is 0.941 bits per heavy atom. The van der Waals surface area contributed by atoms with Gasteiger partial charge in [-0.3, -0.25) is 25.0 Å². The van der Waals surface area contributed by atoms with Crippen molar-refractivity contribution in [1.82, 2.24) is 25.6 Å². The molecular weight excluding hydrogens is 517 g/mol. The van der Waals surface area contributed by atoms with Gasteiger partial charge in [-0.15, -0.1) is 10.2 Å². The number of benzene rings is 2. The highest BCUT2D eigenvalue weighted by molar-refractivity contribution is 7.99. The molecule has 1 aliphatic carbocycles. The van der Waals surface area contributed by atoms with E-state index in [1.54, 1.807) is 36.4 Å². The van der Waals surface area contributed by atoms with Crippen LogP contribution in [0.2, 0.25) is 15.1 Å². The van der Waals surface area contributed by atoms with Crippen molar-refractivity contribution in [3.05, 3.63) is 63.1 Å². The summed E-state index contributed by atoms with van der Waals surface area (Å²) in [5.74, 6) is -0.0794. The standard InChI is InChI=1S/C23H22Cl3N5O2S/c24-15-8-6-14(7-9-15)22(33)29-27-20(32)13-34-23-30-28-21(18-11-10-16(25)12-19(18)26)31(23)17-4-2-1-3-5-17/h6-12,17H,1-5,13H2,(H,27,32)(H,29,33). The van der Waals surface area contributed by atoms with Crippen LogP contribution in [0.3, 0.4) is 0 Å². The predicted molar refractivity (Wildman–Crippen MR) is 135 cm³/mol. The lowest BCUT2D eigenvalue weighted by Gasteiger charge is -2.25. The first kappa shape index (κ1) is 24.9. The first-order chi connectivity index (χ1) is 16.4. The molecule has 4 rings (SSSR count). The molecule has 0 saturated heterocycles. The number of halogens is 3. The highest BCUT2D eigenvalue weighted by atomic mass is 35.5. The molecule has 11 heteroatoms. The van der Waals surface area contributed by atoms with E-state index in [0.717, 1.165) is 31.2 Å². The van der Waals surface area contributed by atoms with Gasteiger partial charge in [0.2, 0.25) is 5.91 Å². The van der Waals surface area contributed by atoms with Crippen LogP contribution < -0.4 is 10.9 Å². The maximum Gasteiger partial charge on any atom is 0.269 e. The summed E-state index contributed by atoms with van der Waals surface area (Å²) >= 11 is 19.6. The quantitative estimate of drug-likeness (QED) is 0.298. The third kappa shape index (κ3) is 6.05. The second-order valence-corrected chi connectivity index (χ2v) is 10.1. The average Bonchev–Trinajstić information content (AvgIpc) is 3.26. The van der Waals surface area contributed by atoms with Gasteiger partial charge >= 0.3 is 0 Å². The number of nitrogens with one attached hydrogen (secondary N) is 2. The molecule has 1 aliphatic rings. The van der Waals surface area contributed by atoms with Crippen molar-refractivity contribution < 1.29 is 9.59 Å². The highest BCUT2D eigenvalue weighted by Crippen LogP contribution is 2.38. The van der Waals surface area contributed by atoms with Gasteiger partial charge in [0.1, 0.15) is 0 Å². The molecule has 34 heavy (non-hydrogen) atoms. The van der Waals surface area contributed by atoms with Gasteiger partial charge in [0.15, 0.2) is 11.0 Å². The minimum Gasteiger partial charge on any atom is -0.299 e. The molecule has 1 fully saturated rings. The minimum absolute atomic E-state index is 0.0557. The van der Waals surface area contributed by atoms with Crippen LogP contribution >= 0.6 is 46.6 Å². The fourth-order valence-electron chi connectivity index (χ4n) is 3.86. The molecule has 1 aromatic heterocycles.